The maximum atomic E-state index is 12.4. The van der Waals surface area contributed by atoms with Gasteiger partial charge in [-0.15, -0.1) is 0 Å². The lowest BCUT2D eigenvalue weighted by molar-refractivity contribution is -0.149. The van der Waals surface area contributed by atoms with Gasteiger partial charge in [0.2, 0.25) is 11.8 Å². The monoisotopic (exact) mass is 385 g/mol. The summed E-state index contributed by atoms with van der Waals surface area (Å²) in [5, 5.41) is 15.6. The van der Waals surface area contributed by atoms with Crippen LogP contribution < -0.4 is 10.6 Å². The fourth-order valence-corrected chi connectivity index (χ4v) is 3.45. The van der Waals surface area contributed by atoms with Gasteiger partial charge < -0.3 is 20.6 Å². The van der Waals surface area contributed by atoms with Crippen molar-refractivity contribution in [1.29, 1.82) is 0 Å². The largest absolute Gasteiger partial charge is 0.391 e. The van der Waals surface area contributed by atoms with Gasteiger partial charge >= 0.3 is 0 Å². The number of carbonyl (C=O) groups excluding carboxylic acids is 3. The highest BCUT2D eigenvalue weighted by Crippen LogP contribution is 2.25. The van der Waals surface area contributed by atoms with Crippen molar-refractivity contribution in [2.45, 2.75) is 37.6 Å². The van der Waals surface area contributed by atoms with Crippen molar-refractivity contribution in [2.75, 3.05) is 6.54 Å². The zero-order chi connectivity index (χ0) is 18.3. The predicted molar refractivity (Wildman–Crippen MR) is 91.4 cm³/mol. The lowest BCUT2D eigenvalue weighted by atomic mass is 10.0. The van der Waals surface area contributed by atoms with E-state index in [2.05, 4.69) is 10.6 Å². The molecule has 0 radical (unpaired) electrons. The molecule has 0 spiro atoms. The molecule has 2 fully saturated rings. The third-order valence-electron chi connectivity index (χ3n) is 4.45. The first-order valence-corrected chi connectivity index (χ1v) is 8.58. The molecule has 134 valence electrons. The molecule has 0 saturated carbocycles. The Morgan fingerprint density at radius 2 is 2.08 bits per heavy atom. The molecule has 2 saturated heterocycles. The van der Waals surface area contributed by atoms with Gasteiger partial charge in [0.05, 0.1) is 16.1 Å². The van der Waals surface area contributed by atoms with Crippen LogP contribution in [0.25, 0.3) is 0 Å². The highest BCUT2D eigenvalue weighted by Gasteiger charge is 2.47. The average molecular weight is 386 g/mol. The Kier molecular flexibility index (Phi) is 4.90. The zero-order valence-corrected chi connectivity index (χ0v) is 14.8. The number of amides is 3. The Morgan fingerprint density at radius 3 is 2.72 bits per heavy atom. The van der Waals surface area contributed by atoms with Gasteiger partial charge in [-0.2, -0.15) is 0 Å². The Hall–Kier alpha value is -1.83. The van der Waals surface area contributed by atoms with Crippen LogP contribution in [-0.4, -0.2) is 58.5 Å². The quantitative estimate of drug-likeness (QED) is 0.708. The van der Waals surface area contributed by atoms with Crippen LogP contribution in [0.1, 0.15) is 23.7 Å². The molecule has 2 aliphatic heterocycles. The van der Waals surface area contributed by atoms with Gasteiger partial charge in [-0.1, -0.05) is 23.2 Å². The minimum atomic E-state index is -0.984. The Morgan fingerprint density at radius 1 is 1.36 bits per heavy atom. The molecule has 0 aliphatic carbocycles. The fraction of sp³-hybridized carbons (Fsp3) is 0.438. The molecule has 4 atom stereocenters. The van der Waals surface area contributed by atoms with Crippen LogP contribution in [0.4, 0.5) is 0 Å². The number of rotatable bonds is 3. The van der Waals surface area contributed by atoms with Crippen molar-refractivity contribution in [2.24, 2.45) is 0 Å². The van der Waals surface area contributed by atoms with Crippen LogP contribution in [0.2, 0.25) is 10.0 Å². The van der Waals surface area contributed by atoms with Gasteiger partial charge in [0.25, 0.3) is 5.91 Å². The predicted octanol–water partition coefficient (Wildman–Crippen LogP) is 0.572. The van der Waals surface area contributed by atoms with E-state index >= 15 is 0 Å². The lowest BCUT2D eigenvalue weighted by Gasteiger charge is -2.35. The summed E-state index contributed by atoms with van der Waals surface area (Å²) < 4.78 is 0. The number of halogens is 2. The number of hydrogen-bond acceptors (Lipinski definition) is 4. The number of aliphatic hydroxyl groups is 1. The first kappa shape index (κ1) is 18.0. The standard InChI is InChI=1S/C16H17Cl2N3O4/c1-7(22)13-16(25)21-6-9(5-12(21)15(24)20-13)19-14(23)8-2-3-10(17)11(18)4-8/h2-4,7,9,12-13,22H,5-6H2,1H3,(H,19,23)(H,20,24)/t7-,9-,12-,13+/m0/s1. The van der Waals surface area contributed by atoms with Crippen molar-refractivity contribution in [3.63, 3.8) is 0 Å². The van der Waals surface area contributed by atoms with Crippen molar-refractivity contribution < 1.29 is 19.5 Å². The lowest BCUT2D eigenvalue weighted by Crippen LogP contribution is -2.64. The Bertz CT molecular complexity index is 740. The smallest absolute Gasteiger partial charge is 0.251 e. The number of nitrogens with zero attached hydrogens (tertiary/aromatic N) is 1. The summed E-state index contributed by atoms with van der Waals surface area (Å²) >= 11 is 11.8. The molecule has 3 rings (SSSR count). The second-order valence-corrected chi connectivity index (χ2v) is 7.08. The summed E-state index contributed by atoms with van der Waals surface area (Å²) in [7, 11) is 0. The van der Waals surface area contributed by atoms with E-state index in [0.29, 0.717) is 17.0 Å². The second-order valence-electron chi connectivity index (χ2n) is 6.27. The van der Waals surface area contributed by atoms with E-state index in [1.54, 1.807) is 6.07 Å². The van der Waals surface area contributed by atoms with Crippen molar-refractivity contribution in [3.05, 3.63) is 33.8 Å². The van der Waals surface area contributed by atoms with E-state index in [9.17, 15) is 19.5 Å². The van der Waals surface area contributed by atoms with E-state index in [-0.39, 0.29) is 35.3 Å². The van der Waals surface area contributed by atoms with Crippen LogP contribution in [0.3, 0.4) is 0 Å². The Labute approximate surface area is 154 Å². The molecule has 2 heterocycles. The maximum Gasteiger partial charge on any atom is 0.251 e. The van der Waals surface area contributed by atoms with Crippen LogP contribution in [0.5, 0.6) is 0 Å². The van der Waals surface area contributed by atoms with E-state index in [1.807, 2.05) is 0 Å². The van der Waals surface area contributed by atoms with Gasteiger partial charge in [-0.25, -0.2) is 0 Å². The van der Waals surface area contributed by atoms with Gasteiger partial charge in [-0.3, -0.25) is 14.4 Å². The van der Waals surface area contributed by atoms with Gasteiger partial charge in [-0.05, 0) is 31.5 Å². The van der Waals surface area contributed by atoms with Crippen LogP contribution in [-0.2, 0) is 9.59 Å². The highest BCUT2D eigenvalue weighted by molar-refractivity contribution is 6.42. The number of aliphatic hydroxyl groups excluding tert-OH is 1. The summed E-state index contributed by atoms with van der Waals surface area (Å²) in [6, 6.07) is 2.58. The Balaban J connectivity index is 1.70. The van der Waals surface area contributed by atoms with Crippen LogP contribution in [0, 0.1) is 0 Å². The molecule has 0 aromatic heterocycles. The number of fused-ring (bicyclic) bond motifs is 1. The number of piperazine rings is 1. The molecule has 3 N–H and O–H groups in total. The van der Waals surface area contributed by atoms with E-state index in [4.69, 9.17) is 23.2 Å². The zero-order valence-electron chi connectivity index (χ0n) is 13.3. The first-order chi connectivity index (χ1) is 11.8. The number of carbonyl (C=O) groups is 3. The minimum absolute atomic E-state index is 0.215. The molecular weight excluding hydrogens is 369 g/mol. The first-order valence-electron chi connectivity index (χ1n) is 7.82. The molecule has 2 aliphatic rings. The molecule has 0 unspecified atom stereocenters. The van der Waals surface area contributed by atoms with Crippen molar-refractivity contribution in [3.8, 4) is 0 Å². The molecule has 0 bridgehead atoms. The van der Waals surface area contributed by atoms with Gasteiger partial charge in [0.1, 0.15) is 12.1 Å². The molecule has 7 nitrogen and oxygen atoms in total. The fourth-order valence-electron chi connectivity index (χ4n) is 3.16. The van der Waals surface area contributed by atoms with Crippen LogP contribution in [0.15, 0.2) is 18.2 Å². The normalized spacial score (nSPS) is 26.9. The number of benzene rings is 1. The summed E-state index contributed by atoms with van der Waals surface area (Å²) in [6.07, 6.45) is -0.667. The maximum absolute atomic E-state index is 12.4. The van der Waals surface area contributed by atoms with E-state index in [1.165, 1.54) is 24.0 Å². The summed E-state index contributed by atoms with van der Waals surface area (Å²) in [4.78, 5) is 38.3. The average Bonchev–Trinajstić information content (AvgIpc) is 2.97. The summed E-state index contributed by atoms with van der Waals surface area (Å²) in [5.41, 5.74) is 0.344. The molecule has 3 amide bonds. The second kappa shape index (κ2) is 6.82. The van der Waals surface area contributed by atoms with E-state index < -0.39 is 18.2 Å². The summed E-state index contributed by atoms with van der Waals surface area (Å²) in [5.74, 6) is -1.02. The molecule has 25 heavy (non-hydrogen) atoms. The third-order valence-corrected chi connectivity index (χ3v) is 5.19. The summed E-state index contributed by atoms with van der Waals surface area (Å²) in [6.45, 7) is 1.66. The topological polar surface area (TPSA) is 98.7 Å². The molecule has 1 aromatic carbocycles. The molecule has 1 aromatic rings. The van der Waals surface area contributed by atoms with Gasteiger partial charge in [0, 0.05) is 18.2 Å². The van der Waals surface area contributed by atoms with Crippen molar-refractivity contribution >= 4 is 40.9 Å². The third kappa shape index (κ3) is 3.44. The molecule has 9 heteroatoms. The van der Waals surface area contributed by atoms with E-state index in [0.717, 1.165) is 0 Å². The SMILES string of the molecule is C[C@H](O)[C@H]1NC(=O)[C@@H]2C[C@H](NC(=O)c3ccc(Cl)c(Cl)c3)CN2C1=O. The van der Waals surface area contributed by atoms with Gasteiger partial charge in [0.15, 0.2) is 0 Å². The number of hydrogen-bond donors (Lipinski definition) is 3. The molecular formula is C16H17Cl2N3O4. The van der Waals surface area contributed by atoms with Crippen LogP contribution >= 0.6 is 23.2 Å². The number of nitrogens with one attached hydrogen (secondary N) is 2. The highest BCUT2D eigenvalue weighted by atomic mass is 35.5. The van der Waals surface area contributed by atoms with Crippen molar-refractivity contribution in [1.82, 2.24) is 15.5 Å². The minimum Gasteiger partial charge on any atom is -0.391 e.